The summed E-state index contributed by atoms with van der Waals surface area (Å²) in [4.78, 5) is 12.7. The molecule has 0 aliphatic carbocycles. The fourth-order valence-electron chi connectivity index (χ4n) is 1.78. The summed E-state index contributed by atoms with van der Waals surface area (Å²) in [5, 5.41) is 9.67. The summed E-state index contributed by atoms with van der Waals surface area (Å²) in [5.74, 6) is 0.227. The Morgan fingerprint density at radius 1 is 1.38 bits per heavy atom. The van der Waals surface area contributed by atoms with E-state index < -0.39 is 0 Å². The molecule has 1 saturated heterocycles. The van der Waals surface area contributed by atoms with Crippen LogP contribution in [-0.2, 0) is 16.1 Å². The van der Waals surface area contributed by atoms with Gasteiger partial charge < -0.3 is 9.84 Å². The highest BCUT2D eigenvalue weighted by molar-refractivity contribution is 5.76. The van der Waals surface area contributed by atoms with E-state index in [1.54, 1.807) is 12.1 Å². The summed E-state index contributed by atoms with van der Waals surface area (Å²) in [5.41, 5.74) is 1.24. The van der Waals surface area contributed by atoms with Crippen LogP contribution in [0, 0.1) is 0 Å². The van der Waals surface area contributed by atoms with Gasteiger partial charge in [-0.15, -0.1) is 0 Å². The predicted molar refractivity (Wildman–Crippen MR) is 59.0 cm³/mol. The van der Waals surface area contributed by atoms with Crippen molar-refractivity contribution in [1.29, 1.82) is 0 Å². The van der Waals surface area contributed by atoms with E-state index in [9.17, 15) is 9.90 Å². The minimum Gasteiger partial charge on any atom is -0.508 e. The molecule has 16 heavy (non-hydrogen) atoms. The van der Waals surface area contributed by atoms with Gasteiger partial charge in [-0.3, -0.25) is 9.69 Å². The van der Waals surface area contributed by atoms with E-state index in [2.05, 4.69) is 4.90 Å². The highest BCUT2D eigenvalue weighted by atomic mass is 16.5. The molecule has 1 radical (unpaired) electrons. The second-order valence-corrected chi connectivity index (χ2v) is 3.83. The molecule has 1 heterocycles. The maximum Gasteiger partial charge on any atom is 0.233 e. The van der Waals surface area contributed by atoms with Crippen molar-refractivity contribution in [2.45, 2.75) is 6.54 Å². The second kappa shape index (κ2) is 5.09. The first-order chi connectivity index (χ1) is 7.79. The molecule has 85 valence electrons. The van der Waals surface area contributed by atoms with Crippen LogP contribution in [0.15, 0.2) is 18.2 Å². The number of morpholine rings is 1. The van der Waals surface area contributed by atoms with Crippen molar-refractivity contribution in [3.63, 3.8) is 0 Å². The lowest BCUT2D eigenvalue weighted by molar-refractivity contribution is 0.0339. The lowest BCUT2D eigenvalue weighted by atomic mass is 10.1. The molecule has 0 saturated carbocycles. The average molecular weight is 220 g/mol. The van der Waals surface area contributed by atoms with Crippen LogP contribution in [0.25, 0.3) is 0 Å². The fraction of sp³-hybridized carbons (Fsp3) is 0.417. The highest BCUT2D eigenvalue weighted by Gasteiger charge is 2.13. The van der Waals surface area contributed by atoms with Crippen LogP contribution in [0.1, 0.15) is 11.1 Å². The number of benzene rings is 1. The maximum atomic E-state index is 10.5. The van der Waals surface area contributed by atoms with Gasteiger partial charge in [0.2, 0.25) is 6.29 Å². The molecule has 0 bridgehead atoms. The molecule has 4 nitrogen and oxygen atoms in total. The number of hydrogen-bond donors (Lipinski definition) is 1. The molecule has 1 aromatic carbocycles. The number of ether oxygens (including phenoxy) is 1. The Labute approximate surface area is 94.4 Å². The molecule has 1 aliphatic rings. The summed E-state index contributed by atoms with van der Waals surface area (Å²) < 4.78 is 5.25. The van der Waals surface area contributed by atoms with E-state index in [4.69, 9.17) is 4.74 Å². The van der Waals surface area contributed by atoms with Crippen LogP contribution in [0.5, 0.6) is 5.75 Å². The van der Waals surface area contributed by atoms with Crippen molar-refractivity contribution >= 4 is 6.29 Å². The molecule has 2 rings (SSSR count). The third-order valence-corrected chi connectivity index (χ3v) is 2.70. The standard InChI is InChI=1S/C12H14NO3/c14-9-10-1-2-12(15)11(7-10)8-13-3-5-16-6-4-13/h1-2,7,15H,3-6,8H2. The molecule has 0 amide bonds. The van der Waals surface area contributed by atoms with Crippen molar-refractivity contribution in [1.82, 2.24) is 4.90 Å². The molecule has 0 unspecified atom stereocenters. The van der Waals surface area contributed by atoms with E-state index in [-0.39, 0.29) is 5.75 Å². The van der Waals surface area contributed by atoms with Crippen LogP contribution >= 0.6 is 0 Å². The van der Waals surface area contributed by atoms with Crippen molar-refractivity contribution in [2.24, 2.45) is 0 Å². The molecule has 0 spiro atoms. The van der Waals surface area contributed by atoms with Gasteiger partial charge in [0.15, 0.2) is 0 Å². The molecule has 0 atom stereocenters. The Bertz CT molecular complexity index is 373. The van der Waals surface area contributed by atoms with Gasteiger partial charge in [0.05, 0.1) is 13.2 Å². The van der Waals surface area contributed by atoms with Gasteiger partial charge in [0.1, 0.15) is 5.75 Å². The van der Waals surface area contributed by atoms with Crippen LogP contribution in [0.3, 0.4) is 0 Å². The Morgan fingerprint density at radius 3 is 2.81 bits per heavy atom. The van der Waals surface area contributed by atoms with Crippen molar-refractivity contribution in [3.8, 4) is 5.75 Å². The van der Waals surface area contributed by atoms with E-state index in [1.165, 1.54) is 6.07 Å². The number of aromatic hydroxyl groups is 1. The molecule has 1 aromatic rings. The smallest absolute Gasteiger partial charge is 0.233 e. The quantitative estimate of drug-likeness (QED) is 0.814. The lowest BCUT2D eigenvalue weighted by Crippen LogP contribution is -2.35. The first-order valence-corrected chi connectivity index (χ1v) is 5.30. The van der Waals surface area contributed by atoms with Gasteiger partial charge in [0.25, 0.3) is 0 Å². The van der Waals surface area contributed by atoms with Crippen molar-refractivity contribution < 1.29 is 14.6 Å². The average Bonchev–Trinajstić information content (AvgIpc) is 2.33. The molecular formula is C12H14NO3. The zero-order valence-electron chi connectivity index (χ0n) is 8.98. The first kappa shape index (κ1) is 11.1. The topological polar surface area (TPSA) is 49.8 Å². The monoisotopic (exact) mass is 220 g/mol. The molecule has 1 fully saturated rings. The van der Waals surface area contributed by atoms with E-state index in [0.717, 1.165) is 31.9 Å². The van der Waals surface area contributed by atoms with E-state index in [0.29, 0.717) is 12.1 Å². The van der Waals surface area contributed by atoms with Crippen LogP contribution < -0.4 is 0 Å². The zero-order valence-corrected chi connectivity index (χ0v) is 8.98. The second-order valence-electron chi connectivity index (χ2n) is 3.83. The lowest BCUT2D eigenvalue weighted by Gasteiger charge is -2.26. The zero-order chi connectivity index (χ0) is 11.4. The molecule has 4 heteroatoms. The maximum absolute atomic E-state index is 10.5. The van der Waals surface area contributed by atoms with Gasteiger partial charge in [-0.05, 0) is 18.2 Å². The Balaban J connectivity index is 2.09. The summed E-state index contributed by atoms with van der Waals surface area (Å²) in [7, 11) is 0. The number of phenols is 1. The summed E-state index contributed by atoms with van der Waals surface area (Å²) in [6.07, 6.45) is 1.83. The van der Waals surface area contributed by atoms with E-state index in [1.807, 2.05) is 6.29 Å². The normalized spacial score (nSPS) is 17.2. The third-order valence-electron chi connectivity index (χ3n) is 2.70. The van der Waals surface area contributed by atoms with Crippen LogP contribution in [0.4, 0.5) is 0 Å². The largest absolute Gasteiger partial charge is 0.508 e. The number of phenolic OH excluding ortho intramolecular Hbond substituents is 1. The van der Waals surface area contributed by atoms with Gasteiger partial charge in [-0.1, -0.05) is 0 Å². The van der Waals surface area contributed by atoms with Crippen LogP contribution in [-0.4, -0.2) is 42.6 Å². The fourth-order valence-corrected chi connectivity index (χ4v) is 1.78. The summed E-state index contributed by atoms with van der Waals surface area (Å²) in [6.45, 7) is 3.80. The van der Waals surface area contributed by atoms with Crippen molar-refractivity contribution in [2.75, 3.05) is 26.3 Å². The number of rotatable bonds is 3. The highest BCUT2D eigenvalue weighted by Crippen LogP contribution is 2.20. The Hall–Kier alpha value is -1.39. The van der Waals surface area contributed by atoms with Gasteiger partial charge in [-0.2, -0.15) is 0 Å². The number of nitrogens with zero attached hydrogens (tertiary/aromatic N) is 1. The SMILES string of the molecule is O=[C]c1ccc(O)c(CN2CCOCC2)c1. The van der Waals surface area contributed by atoms with Crippen molar-refractivity contribution in [3.05, 3.63) is 29.3 Å². The van der Waals surface area contributed by atoms with Crippen LogP contribution in [0.2, 0.25) is 0 Å². The Morgan fingerprint density at radius 2 is 2.12 bits per heavy atom. The third kappa shape index (κ3) is 2.59. The molecular weight excluding hydrogens is 206 g/mol. The first-order valence-electron chi connectivity index (χ1n) is 5.30. The summed E-state index contributed by atoms with van der Waals surface area (Å²) in [6, 6.07) is 4.78. The molecule has 1 N–H and O–H groups in total. The number of hydrogen-bond acceptors (Lipinski definition) is 4. The van der Waals surface area contributed by atoms with Gasteiger partial charge in [0, 0.05) is 30.8 Å². The van der Waals surface area contributed by atoms with Gasteiger partial charge >= 0.3 is 0 Å². The number of carbonyl (C=O) groups excluding carboxylic acids is 1. The molecule has 1 aliphatic heterocycles. The van der Waals surface area contributed by atoms with Gasteiger partial charge in [-0.25, -0.2) is 0 Å². The predicted octanol–water partition coefficient (Wildman–Crippen LogP) is 0.682. The summed E-state index contributed by atoms with van der Waals surface area (Å²) >= 11 is 0. The molecule has 0 aromatic heterocycles. The van der Waals surface area contributed by atoms with E-state index >= 15 is 0 Å². The Kier molecular flexibility index (Phi) is 3.54. The minimum atomic E-state index is 0.227. The minimum absolute atomic E-state index is 0.227.